The fraction of sp³-hybridized carbons (Fsp3) is 0.625. The van der Waals surface area contributed by atoms with Crippen LogP contribution in [0.2, 0.25) is 0 Å². The van der Waals surface area contributed by atoms with E-state index in [4.69, 9.17) is 9.47 Å². The van der Waals surface area contributed by atoms with Gasteiger partial charge in [0.25, 0.3) is 0 Å². The first kappa shape index (κ1) is 16.5. The van der Waals surface area contributed by atoms with Gasteiger partial charge in [0.05, 0.1) is 0 Å². The summed E-state index contributed by atoms with van der Waals surface area (Å²) in [7, 11) is 0. The molecule has 0 radical (unpaired) electrons. The summed E-state index contributed by atoms with van der Waals surface area (Å²) >= 11 is 0. The van der Waals surface area contributed by atoms with Crippen LogP contribution in [0.3, 0.4) is 0 Å². The molecule has 20 heavy (non-hydrogen) atoms. The summed E-state index contributed by atoms with van der Waals surface area (Å²) in [5, 5.41) is 0. The van der Waals surface area contributed by atoms with E-state index in [1.54, 1.807) is 13.8 Å². The lowest BCUT2D eigenvalue weighted by Gasteiger charge is -2.50. The van der Waals surface area contributed by atoms with Gasteiger partial charge in [0.2, 0.25) is 0 Å². The van der Waals surface area contributed by atoms with Gasteiger partial charge in [0, 0.05) is 11.1 Å². The van der Waals surface area contributed by atoms with Crippen LogP contribution in [0.4, 0.5) is 0 Å². The molecule has 3 unspecified atom stereocenters. The molecule has 1 aliphatic rings. The minimum Gasteiger partial charge on any atom is -0.455 e. The molecule has 1 rings (SSSR count). The lowest BCUT2D eigenvalue weighted by Crippen LogP contribution is -2.59. The molecule has 4 heteroatoms. The van der Waals surface area contributed by atoms with Gasteiger partial charge in [-0.1, -0.05) is 27.0 Å². The molecular formula is C16H24O4. The van der Waals surface area contributed by atoms with Crippen LogP contribution in [0.15, 0.2) is 24.3 Å². The van der Waals surface area contributed by atoms with E-state index in [0.717, 1.165) is 6.42 Å². The van der Waals surface area contributed by atoms with E-state index >= 15 is 0 Å². The van der Waals surface area contributed by atoms with Crippen LogP contribution < -0.4 is 0 Å². The zero-order valence-electron chi connectivity index (χ0n) is 12.8. The van der Waals surface area contributed by atoms with Crippen molar-refractivity contribution in [2.75, 3.05) is 0 Å². The van der Waals surface area contributed by atoms with Gasteiger partial charge >= 0.3 is 11.9 Å². The van der Waals surface area contributed by atoms with Gasteiger partial charge in [-0.3, -0.25) is 0 Å². The Hall–Kier alpha value is -1.58. The lowest BCUT2D eigenvalue weighted by molar-refractivity contribution is -0.214. The highest BCUT2D eigenvalue weighted by molar-refractivity contribution is 5.88. The van der Waals surface area contributed by atoms with Crippen LogP contribution in [0.5, 0.6) is 0 Å². The number of hydrogen-bond acceptors (Lipinski definition) is 4. The maximum atomic E-state index is 11.9. The van der Waals surface area contributed by atoms with Crippen LogP contribution in [-0.4, -0.2) is 23.6 Å². The number of ether oxygens (including phenoxy) is 2. The molecule has 0 spiro atoms. The molecule has 0 aromatic carbocycles. The minimum atomic E-state index is -0.726. The van der Waals surface area contributed by atoms with Crippen LogP contribution >= 0.6 is 0 Å². The second-order valence-corrected chi connectivity index (χ2v) is 5.65. The Balaban J connectivity index is 2.92. The highest BCUT2D eigenvalue weighted by Gasteiger charge is 2.54. The third kappa shape index (κ3) is 3.11. The van der Waals surface area contributed by atoms with Crippen molar-refractivity contribution < 1.29 is 19.1 Å². The zero-order valence-corrected chi connectivity index (χ0v) is 12.8. The Bertz CT molecular complexity index is 438. The monoisotopic (exact) mass is 280 g/mol. The molecule has 0 amide bonds. The first-order chi connectivity index (χ1) is 9.24. The van der Waals surface area contributed by atoms with Gasteiger partial charge in [-0.05, 0) is 39.0 Å². The van der Waals surface area contributed by atoms with Crippen molar-refractivity contribution in [3.8, 4) is 0 Å². The number of rotatable bonds is 6. The van der Waals surface area contributed by atoms with Crippen LogP contribution in [0.25, 0.3) is 0 Å². The van der Waals surface area contributed by atoms with Crippen molar-refractivity contribution in [2.45, 2.75) is 58.7 Å². The van der Waals surface area contributed by atoms with Gasteiger partial charge in [0.1, 0.15) is 6.10 Å². The fourth-order valence-corrected chi connectivity index (χ4v) is 2.43. The van der Waals surface area contributed by atoms with E-state index in [1.165, 1.54) is 0 Å². The Morgan fingerprint density at radius 1 is 1.25 bits per heavy atom. The first-order valence-corrected chi connectivity index (χ1v) is 7.00. The molecule has 0 aliphatic heterocycles. The van der Waals surface area contributed by atoms with Crippen molar-refractivity contribution in [3.05, 3.63) is 24.3 Å². The summed E-state index contributed by atoms with van der Waals surface area (Å²) in [6, 6.07) is 0. The number of carbonyl (C=O) groups excluding carboxylic acids is 2. The molecule has 0 aromatic rings. The van der Waals surface area contributed by atoms with E-state index < -0.39 is 23.6 Å². The summed E-state index contributed by atoms with van der Waals surface area (Å²) < 4.78 is 11.1. The second kappa shape index (κ2) is 6.25. The first-order valence-electron chi connectivity index (χ1n) is 7.00. The number of esters is 2. The maximum absolute atomic E-state index is 11.9. The normalized spacial score (nSPS) is 26.1. The van der Waals surface area contributed by atoms with E-state index in [2.05, 4.69) is 13.2 Å². The molecule has 1 saturated carbocycles. The predicted molar refractivity (Wildman–Crippen MR) is 77.0 cm³/mol. The molecule has 0 heterocycles. The molecule has 0 saturated heterocycles. The molecule has 1 fully saturated rings. The smallest absolute Gasteiger partial charge is 0.333 e. The van der Waals surface area contributed by atoms with Gasteiger partial charge in [-0.15, -0.1) is 0 Å². The molecule has 1 aliphatic carbocycles. The van der Waals surface area contributed by atoms with Crippen molar-refractivity contribution >= 4 is 11.9 Å². The molecular weight excluding hydrogens is 256 g/mol. The third-order valence-electron chi connectivity index (χ3n) is 3.95. The van der Waals surface area contributed by atoms with E-state index in [0.29, 0.717) is 24.0 Å². The van der Waals surface area contributed by atoms with Gasteiger partial charge in [0.15, 0.2) is 5.60 Å². The topological polar surface area (TPSA) is 52.6 Å². The minimum absolute atomic E-state index is 0.161. The molecule has 0 bridgehead atoms. The Morgan fingerprint density at radius 2 is 1.80 bits per heavy atom. The summed E-state index contributed by atoms with van der Waals surface area (Å²) in [4.78, 5) is 23.6. The van der Waals surface area contributed by atoms with Crippen molar-refractivity contribution in [1.82, 2.24) is 0 Å². The average molecular weight is 280 g/mol. The zero-order chi connectivity index (χ0) is 15.5. The van der Waals surface area contributed by atoms with Crippen molar-refractivity contribution in [3.63, 3.8) is 0 Å². The lowest BCUT2D eigenvalue weighted by atomic mass is 9.66. The molecule has 4 nitrogen and oxygen atoms in total. The average Bonchev–Trinajstić information content (AvgIpc) is 2.39. The van der Waals surface area contributed by atoms with E-state index in [9.17, 15) is 9.59 Å². The fourth-order valence-electron chi connectivity index (χ4n) is 2.43. The predicted octanol–water partition coefficient (Wildman–Crippen LogP) is 3.17. The molecule has 112 valence electrons. The summed E-state index contributed by atoms with van der Waals surface area (Å²) in [5.41, 5.74) is -0.0306. The quantitative estimate of drug-likeness (QED) is 0.554. The maximum Gasteiger partial charge on any atom is 0.333 e. The number of carbonyl (C=O) groups is 2. The SMILES string of the molecule is C=C(C)C(=O)OC(CC)C1(OC(=O)C(=C)C)CCC1C. The molecule has 0 aromatic heterocycles. The van der Waals surface area contributed by atoms with E-state index in [1.807, 2.05) is 13.8 Å². The van der Waals surface area contributed by atoms with E-state index in [-0.39, 0.29) is 5.92 Å². The van der Waals surface area contributed by atoms with Crippen molar-refractivity contribution in [2.24, 2.45) is 5.92 Å². The molecule has 0 N–H and O–H groups in total. The van der Waals surface area contributed by atoms with Gasteiger partial charge < -0.3 is 9.47 Å². The second-order valence-electron chi connectivity index (χ2n) is 5.65. The van der Waals surface area contributed by atoms with Gasteiger partial charge in [-0.25, -0.2) is 9.59 Å². The highest BCUT2D eigenvalue weighted by atomic mass is 16.6. The van der Waals surface area contributed by atoms with Crippen molar-refractivity contribution in [1.29, 1.82) is 0 Å². The van der Waals surface area contributed by atoms with Gasteiger partial charge in [-0.2, -0.15) is 0 Å². The Morgan fingerprint density at radius 3 is 2.10 bits per heavy atom. The van der Waals surface area contributed by atoms with Crippen LogP contribution in [0.1, 0.15) is 47.0 Å². The summed E-state index contributed by atoms with van der Waals surface area (Å²) in [6.45, 7) is 14.3. The largest absolute Gasteiger partial charge is 0.455 e. The highest BCUT2D eigenvalue weighted by Crippen LogP contribution is 2.46. The van der Waals surface area contributed by atoms with Crippen LogP contribution in [-0.2, 0) is 19.1 Å². The standard InChI is InChI=1S/C16H24O4/c1-7-13(19-14(17)10(2)3)16(9-8-12(16)6)20-15(18)11(4)5/h12-13H,2,4,7-9H2,1,3,5-6H3. The summed E-state index contributed by atoms with van der Waals surface area (Å²) in [5.74, 6) is -0.711. The Kier molecular flexibility index (Phi) is 5.15. The Labute approximate surface area is 120 Å². The number of hydrogen-bond donors (Lipinski definition) is 0. The summed E-state index contributed by atoms with van der Waals surface area (Å²) in [6.07, 6.45) is 1.80. The molecule has 3 atom stereocenters. The van der Waals surface area contributed by atoms with Crippen LogP contribution in [0, 0.1) is 5.92 Å². The third-order valence-corrected chi connectivity index (χ3v) is 3.95.